The predicted molar refractivity (Wildman–Crippen MR) is 62.6 cm³/mol. The molecule has 0 aliphatic carbocycles. The monoisotopic (exact) mass is 223 g/mol. The van der Waals surface area contributed by atoms with E-state index in [1.807, 2.05) is 7.05 Å². The lowest BCUT2D eigenvalue weighted by Crippen LogP contribution is -2.28. The first-order valence-corrected chi connectivity index (χ1v) is 5.24. The summed E-state index contributed by atoms with van der Waals surface area (Å²) in [6.45, 7) is 1.46. The van der Waals surface area contributed by atoms with E-state index in [0.717, 1.165) is 13.0 Å². The third-order valence-corrected chi connectivity index (χ3v) is 2.26. The molecule has 2 N–H and O–H groups in total. The molecule has 1 aromatic rings. The number of aromatic nitrogens is 1. The second-order valence-corrected chi connectivity index (χ2v) is 3.58. The van der Waals surface area contributed by atoms with E-state index in [0.29, 0.717) is 12.1 Å². The molecule has 0 unspecified atom stereocenters. The number of rotatable bonds is 5. The van der Waals surface area contributed by atoms with Gasteiger partial charge in [0.15, 0.2) is 0 Å². The summed E-state index contributed by atoms with van der Waals surface area (Å²) in [6, 6.07) is 2.97. The number of pyridine rings is 1. The largest absolute Gasteiger partial charge is 0.352 e. The molecule has 1 heterocycles. The van der Waals surface area contributed by atoms with Gasteiger partial charge in [-0.3, -0.25) is 9.59 Å². The molecule has 0 aliphatic heterocycles. The number of nitrogens with one attached hydrogen (secondary N) is 2. The third-order valence-electron chi connectivity index (χ3n) is 2.26. The van der Waals surface area contributed by atoms with E-state index in [9.17, 15) is 9.59 Å². The lowest BCUT2D eigenvalue weighted by molar-refractivity contribution is 0.0953. The van der Waals surface area contributed by atoms with Gasteiger partial charge in [-0.05, 0) is 26.1 Å². The van der Waals surface area contributed by atoms with Gasteiger partial charge in [0.25, 0.3) is 11.5 Å². The van der Waals surface area contributed by atoms with Gasteiger partial charge in [0.2, 0.25) is 0 Å². The molecule has 5 heteroatoms. The van der Waals surface area contributed by atoms with Crippen LogP contribution < -0.4 is 16.2 Å². The second-order valence-electron chi connectivity index (χ2n) is 3.58. The zero-order valence-electron chi connectivity index (χ0n) is 9.62. The molecule has 0 fully saturated rings. The summed E-state index contributed by atoms with van der Waals surface area (Å²) in [5.41, 5.74) is 0.232. The van der Waals surface area contributed by atoms with Crippen LogP contribution in [0.4, 0.5) is 0 Å². The minimum Gasteiger partial charge on any atom is -0.352 e. The van der Waals surface area contributed by atoms with Crippen molar-refractivity contribution in [1.29, 1.82) is 0 Å². The summed E-state index contributed by atoms with van der Waals surface area (Å²) >= 11 is 0. The average molecular weight is 223 g/mol. The maximum Gasteiger partial charge on any atom is 0.251 e. The molecule has 0 spiro atoms. The van der Waals surface area contributed by atoms with E-state index in [4.69, 9.17) is 0 Å². The molecule has 0 aliphatic rings. The minimum atomic E-state index is -0.200. The van der Waals surface area contributed by atoms with Gasteiger partial charge in [-0.1, -0.05) is 0 Å². The van der Waals surface area contributed by atoms with Crippen molar-refractivity contribution < 1.29 is 4.79 Å². The number of hydrogen-bond acceptors (Lipinski definition) is 3. The average Bonchev–Trinajstić information content (AvgIpc) is 2.28. The van der Waals surface area contributed by atoms with Crippen molar-refractivity contribution in [3.8, 4) is 0 Å². The van der Waals surface area contributed by atoms with Crippen LogP contribution in [0.25, 0.3) is 0 Å². The SMILES string of the molecule is CNCCCNC(=O)c1ccn(C)c(=O)c1. The third kappa shape index (κ3) is 3.51. The smallest absolute Gasteiger partial charge is 0.251 e. The van der Waals surface area contributed by atoms with Gasteiger partial charge in [0.1, 0.15) is 0 Å². The van der Waals surface area contributed by atoms with Crippen molar-refractivity contribution in [2.45, 2.75) is 6.42 Å². The first-order chi connectivity index (χ1) is 7.65. The number of nitrogens with zero attached hydrogens (tertiary/aromatic N) is 1. The number of hydrogen-bond donors (Lipinski definition) is 2. The Morgan fingerprint density at radius 2 is 2.19 bits per heavy atom. The molecule has 0 aromatic carbocycles. The van der Waals surface area contributed by atoms with Crippen LogP contribution in [0.5, 0.6) is 0 Å². The van der Waals surface area contributed by atoms with Crippen molar-refractivity contribution in [3.63, 3.8) is 0 Å². The van der Waals surface area contributed by atoms with Crippen LogP contribution in [0, 0.1) is 0 Å². The summed E-state index contributed by atoms with van der Waals surface area (Å²) < 4.78 is 1.43. The Morgan fingerprint density at radius 1 is 1.44 bits per heavy atom. The highest BCUT2D eigenvalue weighted by Gasteiger charge is 2.05. The highest BCUT2D eigenvalue weighted by molar-refractivity contribution is 5.93. The maximum absolute atomic E-state index is 11.6. The summed E-state index contributed by atoms with van der Waals surface area (Å²) in [5.74, 6) is -0.200. The summed E-state index contributed by atoms with van der Waals surface area (Å²) in [5, 5.41) is 5.75. The van der Waals surface area contributed by atoms with E-state index in [2.05, 4.69) is 10.6 Å². The molecule has 0 atom stereocenters. The molecule has 88 valence electrons. The zero-order valence-corrected chi connectivity index (χ0v) is 9.62. The summed E-state index contributed by atoms with van der Waals surface area (Å²) in [6.07, 6.45) is 2.46. The Balaban J connectivity index is 2.53. The number of amides is 1. The first kappa shape index (κ1) is 12.4. The number of carbonyl (C=O) groups excluding carboxylic acids is 1. The van der Waals surface area contributed by atoms with Crippen molar-refractivity contribution in [2.75, 3.05) is 20.1 Å². The second kappa shape index (κ2) is 6.07. The van der Waals surface area contributed by atoms with Gasteiger partial charge in [-0.2, -0.15) is 0 Å². The Morgan fingerprint density at radius 3 is 2.81 bits per heavy atom. The molecule has 0 bridgehead atoms. The molecular formula is C11H17N3O2. The molecule has 0 saturated carbocycles. The fourth-order valence-electron chi connectivity index (χ4n) is 1.26. The van der Waals surface area contributed by atoms with E-state index in [1.165, 1.54) is 10.6 Å². The standard InChI is InChI=1S/C11H17N3O2/c1-12-5-3-6-13-11(16)9-4-7-14(2)10(15)8-9/h4,7-8,12H,3,5-6H2,1-2H3,(H,13,16). The van der Waals surface area contributed by atoms with E-state index < -0.39 is 0 Å². The molecule has 1 rings (SSSR count). The van der Waals surface area contributed by atoms with Crippen molar-refractivity contribution in [2.24, 2.45) is 7.05 Å². The molecule has 0 saturated heterocycles. The Labute approximate surface area is 94.5 Å². The summed E-state index contributed by atoms with van der Waals surface area (Å²) in [7, 11) is 3.51. The molecule has 1 aromatic heterocycles. The van der Waals surface area contributed by atoms with Gasteiger partial charge in [-0.15, -0.1) is 0 Å². The van der Waals surface area contributed by atoms with Crippen LogP contribution in [0.1, 0.15) is 16.8 Å². The van der Waals surface area contributed by atoms with E-state index >= 15 is 0 Å². The topological polar surface area (TPSA) is 63.1 Å². The predicted octanol–water partition coefficient (Wildman–Crippen LogP) is -0.275. The van der Waals surface area contributed by atoms with E-state index in [-0.39, 0.29) is 11.5 Å². The Bertz CT molecular complexity index is 412. The van der Waals surface area contributed by atoms with Crippen LogP contribution >= 0.6 is 0 Å². The van der Waals surface area contributed by atoms with Crippen LogP contribution in [0.2, 0.25) is 0 Å². The maximum atomic E-state index is 11.6. The lowest BCUT2D eigenvalue weighted by Gasteiger charge is -2.05. The van der Waals surface area contributed by atoms with E-state index in [1.54, 1.807) is 19.3 Å². The summed E-state index contributed by atoms with van der Waals surface area (Å²) in [4.78, 5) is 22.9. The van der Waals surface area contributed by atoms with Crippen LogP contribution in [-0.4, -0.2) is 30.6 Å². The molecule has 16 heavy (non-hydrogen) atoms. The van der Waals surface area contributed by atoms with Gasteiger partial charge in [0, 0.05) is 31.4 Å². The Hall–Kier alpha value is -1.62. The minimum absolute atomic E-state index is 0.178. The van der Waals surface area contributed by atoms with Gasteiger partial charge < -0.3 is 15.2 Å². The van der Waals surface area contributed by atoms with Gasteiger partial charge >= 0.3 is 0 Å². The fraction of sp³-hybridized carbons (Fsp3) is 0.455. The van der Waals surface area contributed by atoms with Crippen LogP contribution in [0.3, 0.4) is 0 Å². The number of aryl methyl sites for hydroxylation is 1. The molecule has 5 nitrogen and oxygen atoms in total. The highest BCUT2D eigenvalue weighted by atomic mass is 16.2. The first-order valence-electron chi connectivity index (χ1n) is 5.24. The zero-order chi connectivity index (χ0) is 12.0. The highest BCUT2D eigenvalue weighted by Crippen LogP contribution is 1.93. The van der Waals surface area contributed by atoms with Crippen LogP contribution in [-0.2, 0) is 7.05 Å². The number of carbonyl (C=O) groups is 1. The van der Waals surface area contributed by atoms with Crippen LogP contribution in [0.15, 0.2) is 23.1 Å². The quantitative estimate of drug-likeness (QED) is 0.675. The van der Waals surface area contributed by atoms with Gasteiger partial charge in [0.05, 0.1) is 0 Å². The molecule has 1 amide bonds. The Kier molecular flexibility index (Phi) is 4.72. The normalized spacial score (nSPS) is 10.1. The lowest BCUT2D eigenvalue weighted by atomic mass is 10.2. The molecule has 0 radical (unpaired) electrons. The van der Waals surface area contributed by atoms with Gasteiger partial charge in [-0.25, -0.2) is 0 Å². The fourth-order valence-corrected chi connectivity index (χ4v) is 1.26. The van der Waals surface area contributed by atoms with Crippen molar-refractivity contribution in [1.82, 2.24) is 15.2 Å². The molecular weight excluding hydrogens is 206 g/mol. The van der Waals surface area contributed by atoms with Crippen molar-refractivity contribution >= 4 is 5.91 Å². The van der Waals surface area contributed by atoms with Crippen molar-refractivity contribution in [3.05, 3.63) is 34.2 Å².